The third-order valence-electron chi connectivity index (χ3n) is 2.82. The molecule has 0 spiro atoms. The number of nitro groups is 1. The molecule has 0 saturated carbocycles. The Balaban J connectivity index is 2.18. The van der Waals surface area contributed by atoms with Gasteiger partial charge < -0.3 is 9.67 Å². The van der Waals surface area contributed by atoms with Gasteiger partial charge in [-0.2, -0.15) is 0 Å². The summed E-state index contributed by atoms with van der Waals surface area (Å²) >= 11 is 0. The van der Waals surface area contributed by atoms with E-state index in [1.165, 1.54) is 16.7 Å². The highest BCUT2D eigenvalue weighted by molar-refractivity contribution is 5.87. The van der Waals surface area contributed by atoms with Crippen molar-refractivity contribution < 1.29 is 14.8 Å². The minimum Gasteiger partial charge on any atom is -0.477 e. The average Bonchev–Trinajstić information content (AvgIpc) is 2.78. The molecule has 6 nitrogen and oxygen atoms in total. The predicted octanol–water partition coefficient (Wildman–Crippen LogP) is 2.80. The van der Waals surface area contributed by atoms with Gasteiger partial charge in [0.1, 0.15) is 5.69 Å². The lowest BCUT2D eigenvalue weighted by atomic mass is 10.1. The second kappa shape index (κ2) is 5.40. The number of rotatable bonds is 4. The Morgan fingerprint density at radius 1 is 1.25 bits per heavy atom. The highest BCUT2D eigenvalue weighted by atomic mass is 16.6. The van der Waals surface area contributed by atoms with Crippen molar-refractivity contribution >= 4 is 23.8 Å². The van der Waals surface area contributed by atoms with Crippen LogP contribution >= 0.6 is 0 Å². The van der Waals surface area contributed by atoms with Crippen molar-refractivity contribution in [3.63, 3.8) is 0 Å². The molecule has 1 N–H and O–H groups in total. The fourth-order valence-corrected chi connectivity index (χ4v) is 1.79. The number of aryl methyl sites for hydroxylation is 1. The lowest BCUT2D eigenvalue weighted by Crippen LogP contribution is -2.02. The molecule has 2 aromatic rings. The molecule has 0 aliphatic heterocycles. The summed E-state index contributed by atoms with van der Waals surface area (Å²) in [5.74, 6) is -0.984. The first-order valence-corrected chi connectivity index (χ1v) is 5.79. The van der Waals surface area contributed by atoms with Crippen LogP contribution < -0.4 is 0 Å². The molecule has 0 unspecified atom stereocenters. The highest BCUT2D eigenvalue weighted by Crippen LogP contribution is 2.15. The van der Waals surface area contributed by atoms with E-state index < -0.39 is 10.9 Å². The Kier molecular flexibility index (Phi) is 3.65. The first-order valence-electron chi connectivity index (χ1n) is 5.79. The van der Waals surface area contributed by atoms with E-state index in [1.807, 2.05) is 0 Å². The van der Waals surface area contributed by atoms with E-state index in [-0.39, 0.29) is 11.4 Å². The van der Waals surface area contributed by atoms with Gasteiger partial charge in [0.2, 0.25) is 0 Å². The van der Waals surface area contributed by atoms with Crippen LogP contribution in [0.15, 0.2) is 36.5 Å². The second-order valence-electron chi connectivity index (χ2n) is 4.26. The van der Waals surface area contributed by atoms with Gasteiger partial charge in [0.15, 0.2) is 0 Å². The van der Waals surface area contributed by atoms with Crippen molar-refractivity contribution in [3.8, 4) is 0 Å². The SMILES string of the molecule is Cn1cc(C=Cc2ccc([N+](=O)[O-])cc2)cc1C(=O)O. The van der Waals surface area contributed by atoms with Crippen LogP contribution in [-0.2, 0) is 7.05 Å². The van der Waals surface area contributed by atoms with Gasteiger partial charge in [-0.25, -0.2) is 4.79 Å². The van der Waals surface area contributed by atoms with Crippen LogP contribution in [0.25, 0.3) is 12.2 Å². The molecule has 1 heterocycles. The molecule has 102 valence electrons. The molecule has 2 rings (SSSR count). The van der Waals surface area contributed by atoms with Crippen LogP contribution in [0, 0.1) is 10.1 Å². The third-order valence-corrected chi connectivity index (χ3v) is 2.82. The Morgan fingerprint density at radius 2 is 1.85 bits per heavy atom. The first kappa shape index (κ1) is 13.5. The number of benzene rings is 1. The Hall–Kier alpha value is -2.89. The Labute approximate surface area is 114 Å². The summed E-state index contributed by atoms with van der Waals surface area (Å²) in [6, 6.07) is 7.68. The number of carboxylic acids is 1. The topological polar surface area (TPSA) is 85.4 Å². The summed E-state index contributed by atoms with van der Waals surface area (Å²) in [6.07, 6.45) is 5.23. The molecule has 1 aromatic carbocycles. The lowest BCUT2D eigenvalue weighted by Gasteiger charge is -1.93. The van der Waals surface area contributed by atoms with E-state index in [4.69, 9.17) is 5.11 Å². The van der Waals surface area contributed by atoms with E-state index in [9.17, 15) is 14.9 Å². The van der Waals surface area contributed by atoms with Crippen LogP contribution in [0.4, 0.5) is 5.69 Å². The second-order valence-corrected chi connectivity index (χ2v) is 4.26. The van der Waals surface area contributed by atoms with Crippen LogP contribution in [0.1, 0.15) is 21.6 Å². The van der Waals surface area contributed by atoms with E-state index in [0.29, 0.717) is 0 Å². The van der Waals surface area contributed by atoms with Gasteiger partial charge in [-0.3, -0.25) is 10.1 Å². The van der Waals surface area contributed by atoms with Crippen molar-refractivity contribution in [2.24, 2.45) is 7.05 Å². The van der Waals surface area contributed by atoms with Crippen LogP contribution in [0.2, 0.25) is 0 Å². The zero-order chi connectivity index (χ0) is 14.7. The van der Waals surface area contributed by atoms with Gasteiger partial charge in [-0.15, -0.1) is 0 Å². The molecule has 0 saturated heterocycles. The van der Waals surface area contributed by atoms with Gasteiger partial charge in [-0.1, -0.05) is 12.2 Å². The average molecular weight is 272 g/mol. The summed E-state index contributed by atoms with van der Waals surface area (Å²) in [7, 11) is 1.66. The minimum atomic E-state index is -0.984. The number of hydrogen-bond donors (Lipinski definition) is 1. The normalized spacial score (nSPS) is 10.8. The maximum atomic E-state index is 10.9. The molecular formula is C14H12N2O4. The monoisotopic (exact) mass is 272 g/mol. The summed E-state index contributed by atoms with van der Waals surface area (Å²) in [4.78, 5) is 21.0. The van der Waals surface area contributed by atoms with Crippen molar-refractivity contribution in [1.29, 1.82) is 0 Å². The van der Waals surface area contributed by atoms with E-state index in [2.05, 4.69) is 0 Å². The standard InChI is InChI=1S/C14H12N2O4/c1-15-9-11(8-13(15)14(17)18)3-2-10-4-6-12(7-5-10)16(19)20/h2-9H,1H3,(H,17,18). The summed E-state index contributed by atoms with van der Waals surface area (Å²) < 4.78 is 1.53. The van der Waals surface area contributed by atoms with E-state index >= 15 is 0 Å². The summed E-state index contributed by atoms with van der Waals surface area (Å²) in [5, 5.41) is 19.5. The van der Waals surface area contributed by atoms with E-state index in [0.717, 1.165) is 11.1 Å². The van der Waals surface area contributed by atoms with Gasteiger partial charge in [-0.05, 0) is 29.3 Å². The molecule has 0 aliphatic rings. The molecular weight excluding hydrogens is 260 g/mol. The number of hydrogen-bond acceptors (Lipinski definition) is 3. The Bertz CT molecular complexity index is 684. The number of aromatic nitrogens is 1. The van der Waals surface area contributed by atoms with Crippen molar-refractivity contribution in [2.75, 3.05) is 0 Å². The molecule has 0 atom stereocenters. The number of non-ortho nitro benzene ring substituents is 1. The maximum Gasteiger partial charge on any atom is 0.352 e. The molecule has 0 fully saturated rings. The molecule has 6 heteroatoms. The van der Waals surface area contributed by atoms with Crippen molar-refractivity contribution in [1.82, 2.24) is 4.57 Å². The summed E-state index contributed by atoms with van der Waals surface area (Å²) in [6.45, 7) is 0. The quantitative estimate of drug-likeness (QED) is 0.685. The third kappa shape index (κ3) is 2.92. The number of nitro benzene ring substituents is 1. The van der Waals surface area contributed by atoms with Crippen LogP contribution in [0.5, 0.6) is 0 Å². The molecule has 0 bridgehead atoms. The molecule has 0 amide bonds. The smallest absolute Gasteiger partial charge is 0.352 e. The highest BCUT2D eigenvalue weighted by Gasteiger charge is 2.08. The van der Waals surface area contributed by atoms with Gasteiger partial charge in [0.25, 0.3) is 5.69 Å². The largest absolute Gasteiger partial charge is 0.477 e. The number of aromatic carboxylic acids is 1. The zero-order valence-corrected chi connectivity index (χ0v) is 10.7. The predicted molar refractivity (Wildman–Crippen MR) is 74.4 cm³/mol. The van der Waals surface area contributed by atoms with Gasteiger partial charge in [0, 0.05) is 25.4 Å². The van der Waals surface area contributed by atoms with Crippen LogP contribution in [0.3, 0.4) is 0 Å². The Morgan fingerprint density at radius 3 is 2.35 bits per heavy atom. The molecule has 0 radical (unpaired) electrons. The zero-order valence-electron chi connectivity index (χ0n) is 10.7. The van der Waals surface area contributed by atoms with Gasteiger partial charge in [0.05, 0.1) is 4.92 Å². The first-order chi connectivity index (χ1) is 9.47. The number of carboxylic acid groups (broad SMARTS) is 1. The van der Waals surface area contributed by atoms with Crippen molar-refractivity contribution in [3.05, 3.63) is 63.5 Å². The molecule has 20 heavy (non-hydrogen) atoms. The van der Waals surface area contributed by atoms with Crippen molar-refractivity contribution in [2.45, 2.75) is 0 Å². The molecule has 0 aliphatic carbocycles. The minimum absolute atomic E-state index is 0.0371. The number of nitrogens with zero attached hydrogens (tertiary/aromatic N) is 2. The van der Waals surface area contributed by atoms with E-state index in [1.54, 1.807) is 43.6 Å². The van der Waals surface area contributed by atoms with Gasteiger partial charge >= 0.3 is 5.97 Å². The fourth-order valence-electron chi connectivity index (χ4n) is 1.79. The fraction of sp³-hybridized carbons (Fsp3) is 0.0714. The van der Waals surface area contributed by atoms with Crippen LogP contribution in [-0.4, -0.2) is 20.6 Å². The lowest BCUT2D eigenvalue weighted by molar-refractivity contribution is -0.384. The summed E-state index contributed by atoms with van der Waals surface area (Å²) in [5.41, 5.74) is 1.79. The molecule has 1 aromatic heterocycles. The maximum absolute atomic E-state index is 10.9. The number of carbonyl (C=O) groups is 1.